The molecule has 1 aliphatic heterocycles. The van der Waals surface area contributed by atoms with Gasteiger partial charge in [0.1, 0.15) is 0 Å². The predicted octanol–water partition coefficient (Wildman–Crippen LogP) is 4.08. The van der Waals surface area contributed by atoms with Crippen LogP contribution < -0.4 is 0 Å². The lowest BCUT2D eigenvalue weighted by Crippen LogP contribution is -2.43. The molecule has 0 radical (unpaired) electrons. The van der Waals surface area contributed by atoms with Crippen LogP contribution in [0.5, 0.6) is 0 Å². The van der Waals surface area contributed by atoms with Crippen molar-refractivity contribution in [2.24, 2.45) is 7.05 Å². The molecule has 0 N–H and O–H groups in total. The van der Waals surface area contributed by atoms with Crippen LogP contribution in [0, 0.1) is 0 Å². The number of thioether (sulfide) groups is 1. The monoisotopic (exact) mass is 379 g/mol. The van der Waals surface area contributed by atoms with Crippen LogP contribution in [-0.4, -0.2) is 46.0 Å². The van der Waals surface area contributed by atoms with E-state index in [9.17, 15) is 0 Å². The topological polar surface area (TPSA) is 30.3 Å². The first-order valence-corrected chi connectivity index (χ1v) is 10.4. The number of hydrogen-bond donors (Lipinski definition) is 0. The maximum Gasteiger partial charge on any atom is 0.168 e. The fourth-order valence-electron chi connectivity index (χ4n) is 3.44. The second kappa shape index (κ2) is 8.74. The Bertz CT molecular complexity index is 851. The number of aromatic nitrogens is 2. The fourth-order valence-corrected chi connectivity index (χ4v) is 4.39. The lowest BCUT2D eigenvalue weighted by Gasteiger charge is -2.32. The van der Waals surface area contributed by atoms with Gasteiger partial charge in [0.25, 0.3) is 0 Å². The van der Waals surface area contributed by atoms with Gasteiger partial charge in [-0.2, -0.15) is 0 Å². The summed E-state index contributed by atoms with van der Waals surface area (Å²) in [6.45, 7) is 3.76. The van der Waals surface area contributed by atoms with Crippen molar-refractivity contribution in [2.45, 2.75) is 17.8 Å². The van der Waals surface area contributed by atoms with Crippen LogP contribution in [0.15, 0.2) is 72.0 Å². The molecule has 0 spiro atoms. The quantitative estimate of drug-likeness (QED) is 0.604. The van der Waals surface area contributed by atoms with E-state index in [1.807, 2.05) is 12.3 Å². The first-order valence-electron chi connectivity index (χ1n) is 9.37. The molecule has 2 heterocycles. The van der Waals surface area contributed by atoms with Crippen molar-refractivity contribution >= 4 is 11.8 Å². The summed E-state index contributed by atoms with van der Waals surface area (Å²) in [6.07, 6.45) is 2.20. The smallest absolute Gasteiger partial charge is 0.168 e. The van der Waals surface area contributed by atoms with Gasteiger partial charge in [-0.15, -0.1) is 0 Å². The van der Waals surface area contributed by atoms with Gasteiger partial charge in [0.15, 0.2) is 5.16 Å². The average Bonchev–Trinajstić information content (AvgIpc) is 3.09. The number of benzene rings is 2. The van der Waals surface area contributed by atoms with Crippen molar-refractivity contribution in [1.82, 2.24) is 14.5 Å². The van der Waals surface area contributed by atoms with Gasteiger partial charge in [0, 0.05) is 32.4 Å². The number of nitrogens with zero attached hydrogens (tertiary/aromatic N) is 3. The molecule has 0 saturated carbocycles. The van der Waals surface area contributed by atoms with Crippen molar-refractivity contribution < 1.29 is 4.74 Å². The van der Waals surface area contributed by atoms with Gasteiger partial charge >= 0.3 is 0 Å². The Balaban J connectivity index is 1.34. The van der Waals surface area contributed by atoms with Gasteiger partial charge in [-0.1, -0.05) is 72.4 Å². The molecule has 1 atom stereocenters. The zero-order valence-corrected chi connectivity index (χ0v) is 16.4. The van der Waals surface area contributed by atoms with Gasteiger partial charge in [0.05, 0.1) is 24.6 Å². The number of morpholine rings is 1. The molecule has 0 bridgehead atoms. The summed E-state index contributed by atoms with van der Waals surface area (Å²) in [5.74, 6) is 0.921. The second-order valence-corrected chi connectivity index (χ2v) is 7.86. The van der Waals surface area contributed by atoms with Crippen molar-refractivity contribution in [3.05, 3.63) is 72.4 Å². The Morgan fingerprint density at radius 2 is 1.81 bits per heavy atom. The van der Waals surface area contributed by atoms with Crippen LogP contribution in [0.1, 0.15) is 5.56 Å². The van der Waals surface area contributed by atoms with Crippen molar-refractivity contribution in [2.75, 3.05) is 25.4 Å². The lowest BCUT2D eigenvalue weighted by molar-refractivity contribution is -0.0187. The maximum atomic E-state index is 6.00. The summed E-state index contributed by atoms with van der Waals surface area (Å²) < 4.78 is 8.17. The fraction of sp³-hybridized carbons (Fsp3) is 0.318. The highest BCUT2D eigenvalue weighted by Gasteiger charge is 2.21. The van der Waals surface area contributed by atoms with E-state index in [2.05, 4.69) is 76.1 Å². The van der Waals surface area contributed by atoms with E-state index < -0.39 is 0 Å². The second-order valence-electron chi connectivity index (χ2n) is 6.88. The van der Waals surface area contributed by atoms with Crippen LogP contribution in [0.2, 0.25) is 0 Å². The number of ether oxygens (including phenoxy) is 1. The van der Waals surface area contributed by atoms with E-state index in [4.69, 9.17) is 4.74 Å². The summed E-state index contributed by atoms with van der Waals surface area (Å²) in [5.41, 5.74) is 3.71. The third-order valence-corrected chi connectivity index (χ3v) is 6.06. The minimum Gasteiger partial charge on any atom is -0.375 e. The van der Waals surface area contributed by atoms with E-state index in [0.717, 1.165) is 42.8 Å². The maximum absolute atomic E-state index is 6.00. The van der Waals surface area contributed by atoms with Gasteiger partial charge in [-0.05, 0) is 11.1 Å². The number of rotatable bonds is 6. The minimum absolute atomic E-state index is 0.240. The normalized spacial score (nSPS) is 17.9. The van der Waals surface area contributed by atoms with E-state index in [0.29, 0.717) is 0 Å². The third-order valence-electron chi connectivity index (χ3n) is 4.89. The third kappa shape index (κ3) is 4.61. The molecule has 4 nitrogen and oxygen atoms in total. The Morgan fingerprint density at radius 3 is 2.59 bits per heavy atom. The highest BCUT2D eigenvalue weighted by molar-refractivity contribution is 7.99. The highest BCUT2D eigenvalue weighted by Crippen LogP contribution is 2.26. The van der Waals surface area contributed by atoms with Crippen LogP contribution >= 0.6 is 11.8 Å². The zero-order chi connectivity index (χ0) is 18.5. The molecule has 0 aliphatic carbocycles. The van der Waals surface area contributed by atoms with Gasteiger partial charge in [-0.25, -0.2) is 4.98 Å². The molecule has 4 rings (SSSR count). The number of imidazole rings is 1. The summed E-state index contributed by atoms with van der Waals surface area (Å²) in [6, 6.07) is 21.1. The minimum atomic E-state index is 0.240. The molecule has 1 fully saturated rings. The lowest BCUT2D eigenvalue weighted by atomic mass is 10.2. The molecule has 1 aromatic heterocycles. The Kier molecular flexibility index (Phi) is 5.92. The van der Waals surface area contributed by atoms with Crippen LogP contribution in [0.25, 0.3) is 11.3 Å². The molecule has 2 aromatic carbocycles. The molecule has 1 aliphatic rings. The summed E-state index contributed by atoms with van der Waals surface area (Å²) in [5, 5.41) is 1.04. The van der Waals surface area contributed by atoms with Crippen molar-refractivity contribution in [3.8, 4) is 11.3 Å². The van der Waals surface area contributed by atoms with Gasteiger partial charge in [-0.3, -0.25) is 4.90 Å². The Hall–Kier alpha value is -2.08. The summed E-state index contributed by atoms with van der Waals surface area (Å²) >= 11 is 1.78. The number of hydrogen-bond acceptors (Lipinski definition) is 4. The van der Waals surface area contributed by atoms with Crippen LogP contribution in [-0.2, 0) is 18.3 Å². The SMILES string of the molecule is Cn1c(-c2ccccc2)cnc1SCC1CN(Cc2ccccc2)CCO1. The first kappa shape index (κ1) is 18.3. The summed E-state index contributed by atoms with van der Waals surface area (Å²) in [4.78, 5) is 7.10. The Labute approximate surface area is 165 Å². The molecule has 27 heavy (non-hydrogen) atoms. The molecular formula is C22H25N3OS. The van der Waals surface area contributed by atoms with E-state index in [1.165, 1.54) is 11.1 Å². The zero-order valence-electron chi connectivity index (χ0n) is 15.6. The largest absolute Gasteiger partial charge is 0.375 e. The molecule has 140 valence electrons. The predicted molar refractivity (Wildman–Crippen MR) is 111 cm³/mol. The molecule has 1 unspecified atom stereocenters. The average molecular weight is 380 g/mol. The van der Waals surface area contributed by atoms with Crippen molar-refractivity contribution in [1.29, 1.82) is 0 Å². The highest BCUT2D eigenvalue weighted by atomic mass is 32.2. The molecule has 3 aromatic rings. The van der Waals surface area contributed by atoms with Gasteiger partial charge < -0.3 is 9.30 Å². The van der Waals surface area contributed by atoms with Crippen molar-refractivity contribution in [3.63, 3.8) is 0 Å². The first-order chi connectivity index (χ1) is 13.3. The van der Waals surface area contributed by atoms with E-state index in [-0.39, 0.29) is 6.10 Å². The van der Waals surface area contributed by atoms with Crippen LogP contribution in [0.3, 0.4) is 0 Å². The summed E-state index contributed by atoms with van der Waals surface area (Å²) in [7, 11) is 2.08. The van der Waals surface area contributed by atoms with E-state index in [1.54, 1.807) is 11.8 Å². The molecule has 0 amide bonds. The molecule has 5 heteroatoms. The molecule has 1 saturated heterocycles. The van der Waals surface area contributed by atoms with E-state index >= 15 is 0 Å². The molecular weight excluding hydrogens is 354 g/mol. The van der Waals surface area contributed by atoms with Gasteiger partial charge in [0.2, 0.25) is 0 Å². The Morgan fingerprint density at radius 1 is 1.07 bits per heavy atom. The standard InChI is InChI=1S/C22H25N3OS/c1-24-21(19-10-6-3-7-11-19)14-23-22(24)27-17-20-16-25(12-13-26-20)15-18-8-4-2-5-9-18/h2-11,14,20H,12-13,15-17H2,1H3. The van der Waals surface area contributed by atoms with Crippen LogP contribution in [0.4, 0.5) is 0 Å².